The molecule has 3 aromatic heterocycles. The lowest BCUT2D eigenvalue weighted by atomic mass is 9.92. The van der Waals surface area contributed by atoms with Crippen molar-refractivity contribution < 1.29 is 13.9 Å². The molecule has 1 aliphatic carbocycles. The number of anilines is 1. The summed E-state index contributed by atoms with van der Waals surface area (Å²) in [6.07, 6.45) is 3.02. The fraction of sp³-hybridized carbons (Fsp3) is 0.240. The van der Waals surface area contributed by atoms with E-state index in [2.05, 4.69) is 14.9 Å². The summed E-state index contributed by atoms with van der Waals surface area (Å²) in [5.74, 6) is 1.11. The first-order chi connectivity index (χ1) is 17.4. The zero-order valence-electron chi connectivity index (χ0n) is 19.7. The number of imidazole rings is 1. The molecule has 5 aromatic rings. The largest absolute Gasteiger partial charge is 0.489 e. The number of hydrogen-bond donors (Lipinski definition) is 2. The number of aromatic nitrogens is 5. The predicted molar refractivity (Wildman–Crippen MR) is 134 cm³/mol. The van der Waals surface area contributed by atoms with Gasteiger partial charge < -0.3 is 24.8 Å². The van der Waals surface area contributed by atoms with Crippen LogP contribution in [0.4, 0.5) is 10.5 Å². The molecule has 1 saturated carbocycles. The third-order valence-corrected chi connectivity index (χ3v) is 6.55. The molecule has 0 saturated heterocycles. The maximum absolute atomic E-state index is 13.4. The van der Waals surface area contributed by atoms with Crippen molar-refractivity contribution in [1.82, 2.24) is 24.1 Å². The van der Waals surface area contributed by atoms with Crippen molar-refractivity contribution in [2.75, 3.05) is 12.4 Å². The molecule has 3 N–H and O–H groups in total. The lowest BCUT2D eigenvalue weighted by Gasteiger charge is -2.29. The van der Waals surface area contributed by atoms with Crippen molar-refractivity contribution in [1.29, 1.82) is 0 Å². The van der Waals surface area contributed by atoms with E-state index < -0.39 is 6.03 Å². The number of ether oxygens (including phenoxy) is 1. The Labute approximate surface area is 204 Å². The average Bonchev–Trinajstić information content (AvgIpc) is 3.41. The molecule has 1 aliphatic rings. The summed E-state index contributed by atoms with van der Waals surface area (Å²) in [7, 11) is 3.05. The second-order valence-electron chi connectivity index (χ2n) is 8.75. The van der Waals surface area contributed by atoms with Gasteiger partial charge in [0, 0.05) is 18.8 Å². The zero-order valence-corrected chi connectivity index (χ0v) is 19.7. The van der Waals surface area contributed by atoms with Gasteiger partial charge in [-0.05, 0) is 49.6 Å². The summed E-state index contributed by atoms with van der Waals surface area (Å²) in [4.78, 5) is 39.0. The highest BCUT2D eigenvalue weighted by atomic mass is 16.5. The molecule has 36 heavy (non-hydrogen) atoms. The van der Waals surface area contributed by atoms with Crippen LogP contribution in [-0.2, 0) is 7.05 Å². The highest BCUT2D eigenvalue weighted by molar-refractivity contribution is 5.91. The van der Waals surface area contributed by atoms with Crippen LogP contribution in [0.2, 0.25) is 0 Å². The van der Waals surface area contributed by atoms with Crippen molar-refractivity contribution in [2.24, 2.45) is 12.8 Å². The monoisotopic (exact) mass is 485 g/mol. The first-order valence-corrected chi connectivity index (χ1v) is 11.5. The number of fused-ring (bicyclic) bond motifs is 2. The topological polar surface area (TPSA) is 143 Å². The molecule has 0 atom stereocenters. The summed E-state index contributed by atoms with van der Waals surface area (Å²) in [5, 5.41) is 2.62. The van der Waals surface area contributed by atoms with Gasteiger partial charge in [-0.2, -0.15) is 0 Å². The Morgan fingerprint density at radius 3 is 2.61 bits per heavy atom. The van der Waals surface area contributed by atoms with Gasteiger partial charge in [0.05, 0.1) is 18.1 Å². The van der Waals surface area contributed by atoms with Crippen LogP contribution in [0.5, 0.6) is 5.75 Å². The highest BCUT2D eigenvalue weighted by Crippen LogP contribution is 2.39. The van der Waals surface area contributed by atoms with E-state index in [1.165, 1.54) is 11.7 Å². The van der Waals surface area contributed by atoms with E-state index >= 15 is 0 Å². The van der Waals surface area contributed by atoms with Crippen molar-refractivity contribution in [2.45, 2.75) is 25.3 Å². The smallest absolute Gasteiger partial charge is 0.316 e. The lowest BCUT2D eigenvalue weighted by Crippen LogP contribution is -2.25. The van der Waals surface area contributed by atoms with Crippen LogP contribution in [0.25, 0.3) is 45.4 Å². The minimum atomic E-state index is -0.647. The minimum Gasteiger partial charge on any atom is -0.489 e. The van der Waals surface area contributed by atoms with Gasteiger partial charge in [-0.3, -0.25) is 9.36 Å². The SMILES string of the molecule is COc1c(-c2nc3ccccc3o2)nc(-c2nc3ccc(NC(N)=O)cc3n2C2CCC2)n(C)c1=O. The number of hydrogen-bond acceptors (Lipinski definition) is 7. The average molecular weight is 486 g/mol. The van der Waals surface area contributed by atoms with Crippen molar-refractivity contribution in [3.05, 3.63) is 52.8 Å². The van der Waals surface area contributed by atoms with Crippen LogP contribution < -0.4 is 21.3 Å². The van der Waals surface area contributed by atoms with Crippen LogP contribution >= 0.6 is 0 Å². The fourth-order valence-corrected chi connectivity index (χ4v) is 4.57. The number of nitrogens with zero attached hydrogens (tertiary/aromatic N) is 5. The zero-order chi connectivity index (χ0) is 25.0. The summed E-state index contributed by atoms with van der Waals surface area (Å²) in [5.41, 5.74) is 8.44. The maximum atomic E-state index is 13.4. The summed E-state index contributed by atoms with van der Waals surface area (Å²) in [6.45, 7) is 0. The maximum Gasteiger partial charge on any atom is 0.316 e. The number of methoxy groups -OCH3 is 1. The van der Waals surface area contributed by atoms with Gasteiger partial charge in [0.25, 0.3) is 5.56 Å². The lowest BCUT2D eigenvalue weighted by molar-refractivity contribution is 0.259. The Morgan fingerprint density at radius 1 is 1.11 bits per heavy atom. The third kappa shape index (κ3) is 3.39. The molecule has 2 aromatic carbocycles. The number of urea groups is 1. The second kappa shape index (κ2) is 8.22. The molecule has 0 unspecified atom stereocenters. The van der Waals surface area contributed by atoms with E-state index in [9.17, 15) is 9.59 Å². The molecule has 182 valence electrons. The van der Waals surface area contributed by atoms with Crippen LogP contribution in [-0.4, -0.2) is 37.2 Å². The fourth-order valence-electron chi connectivity index (χ4n) is 4.57. The van der Waals surface area contributed by atoms with Crippen molar-refractivity contribution in [3.63, 3.8) is 0 Å². The van der Waals surface area contributed by atoms with Gasteiger partial charge in [-0.1, -0.05) is 12.1 Å². The summed E-state index contributed by atoms with van der Waals surface area (Å²) in [6, 6.07) is 12.2. The van der Waals surface area contributed by atoms with E-state index in [1.807, 2.05) is 30.3 Å². The molecule has 11 heteroatoms. The van der Waals surface area contributed by atoms with E-state index in [0.717, 1.165) is 24.8 Å². The second-order valence-corrected chi connectivity index (χ2v) is 8.75. The molecule has 6 rings (SSSR count). The molecule has 1 fully saturated rings. The molecule has 0 bridgehead atoms. The molecular weight excluding hydrogens is 462 g/mol. The Hall–Kier alpha value is -4.67. The number of carbonyl (C=O) groups excluding carboxylic acids is 1. The van der Waals surface area contributed by atoms with E-state index in [0.29, 0.717) is 34.0 Å². The molecular formula is C25H23N7O4. The number of nitrogens with one attached hydrogen (secondary N) is 1. The standard InChI is InChI=1S/C25H23N7O4/c1-31-21(30-19(20(35-2)24(31)33)23-29-16-8-3-4-9-18(16)36-23)22-28-15-11-10-13(27-25(26)34)12-17(15)32(22)14-6-5-7-14/h3-4,8-12,14H,5-7H2,1-2H3,(H3,26,27,34). The van der Waals surface area contributed by atoms with Crippen molar-refractivity contribution >= 4 is 33.9 Å². The Kier molecular flexibility index (Phi) is 4.99. The molecule has 0 radical (unpaired) electrons. The Balaban J connectivity index is 1.60. The van der Waals surface area contributed by atoms with E-state index in [4.69, 9.17) is 24.9 Å². The number of nitrogens with two attached hydrogens (primary N) is 1. The van der Waals surface area contributed by atoms with Crippen LogP contribution in [0, 0.1) is 0 Å². The third-order valence-electron chi connectivity index (χ3n) is 6.55. The van der Waals surface area contributed by atoms with Crippen LogP contribution in [0.1, 0.15) is 25.3 Å². The first-order valence-electron chi connectivity index (χ1n) is 11.5. The van der Waals surface area contributed by atoms with Gasteiger partial charge in [0.1, 0.15) is 5.52 Å². The number of rotatable bonds is 5. The number of primary amides is 1. The van der Waals surface area contributed by atoms with Gasteiger partial charge in [-0.25, -0.2) is 19.7 Å². The minimum absolute atomic E-state index is 0.0343. The van der Waals surface area contributed by atoms with Gasteiger partial charge >= 0.3 is 6.03 Å². The molecule has 0 spiro atoms. The normalized spacial score (nSPS) is 13.7. The van der Waals surface area contributed by atoms with E-state index in [-0.39, 0.29) is 28.9 Å². The van der Waals surface area contributed by atoms with Gasteiger partial charge in [0.15, 0.2) is 22.9 Å². The van der Waals surface area contributed by atoms with Crippen LogP contribution in [0.3, 0.4) is 0 Å². The van der Waals surface area contributed by atoms with Crippen LogP contribution in [0.15, 0.2) is 51.7 Å². The highest BCUT2D eigenvalue weighted by Gasteiger charge is 2.29. The molecule has 3 heterocycles. The number of benzene rings is 2. The number of oxazole rings is 1. The summed E-state index contributed by atoms with van der Waals surface area (Å²) < 4.78 is 14.9. The van der Waals surface area contributed by atoms with Gasteiger partial charge in [-0.15, -0.1) is 0 Å². The quantitative estimate of drug-likeness (QED) is 0.385. The Morgan fingerprint density at radius 2 is 1.92 bits per heavy atom. The van der Waals surface area contributed by atoms with Gasteiger partial charge in [0.2, 0.25) is 11.6 Å². The summed E-state index contributed by atoms with van der Waals surface area (Å²) >= 11 is 0. The molecule has 11 nitrogen and oxygen atoms in total. The number of para-hydroxylation sites is 2. The number of carbonyl (C=O) groups is 1. The first kappa shape index (κ1) is 21.8. The molecule has 0 aliphatic heterocycles. The van der Waals surface area contributed by atoms with Crippen molar-refractivity contribution in [3.8, 4) is 29.0 Å². The molecule has 2 amide bonds. The van der Waals surface area contributed by atoms with E-state index in [1.54, 1.807) is 19.2 Å². The Bertz CT molecular complexity index is 1680. The number of amides is 2. The predicted octanol–water partition coefficient (Wildman–Crippen LogP) is 3.83.